The van der Waals surface area contributed by atoms with Crippen molar-refractivity contribution in [1.82, 2.24) is 4.57 Å². The third kappa shape index (κ3) is 6.97. The fraction of sp³-hybridized carbons (Fsp3) is 0.500. The van der Waals surface area contributed by atoms with E-state index in [0.717, 1.165) is 6.54 Å². The number of halogens is 3. The lowest BCUT2D eigenvalue weighted by molar-refractivity contribution is -0.696. The minimum atomic E-state index is -6.09. The van der Waals surface area contributed by atoms with E-state index >= 15 is 0 Å². The highest BCUT2D eigenvalue weighted by Gasteiger charge is 2.36. The molecule has 0 spiro atoms. The first-order chi connectivity index (χ1) is 8.61. The first kappa shape index (κ1) is 17.6. The average molecular weight is 300 g/mol. The second-order valence-corrected chi connectivity index (χ2v) is 4.91. The Morgan fingerprint density at radius 3 is 2.32 bits per heavy atom. The van der Waals surface area contributed by atoms with Gasteiger partial charge in [-0.25, -0.2) is 17.6 Å². The van der Waals surface area contributed by atoms with Gasteiger partial charge in [0.1, 0.15) is 12.4 Å². The van der Waals surface area contributed by atoms with Gasteiger partial charge >= 0.3 is 5.51 Å². The van der Waals surface area contributed by atoms with Crippen molar-refractivity contribution in [3.63, 3.8) is 0 Å². The molecule has 0 aliphatic carbocycles. The van der Waals surface area contributed by atoms with Crippen LogP contribution in [0.15, 0.2) is 25.3 Å². The summed E-state index contributed by atoms with van der Waals surface area (Å²) < 4.78 is 63.0. The minimum Gasteiger partial charge on any atom is -0.741 e. The normalized spacial score (nSPS) is 11.6. The largest absolute Gasteiger partial charge is 0.741 e. The zero-order valence-corrected chi connectivity index (χ0v) is 11.1. The number of hydrogen-bond acceptors (Lipinski definition) is 3. The van der Waals surface area contributed by atoms with Crippen LogP contribution in [0.5, 0.6) is 0 Å². The van der Waals surface area contributed by atoms with Crippen LogP contribution < -0.4 is 4.57 Å². The number of aromatic nitrogens is 2. The maximum absolute atomic E-state index is 10.7. The van der Waals surface area contributed by atoms with E-state index in [1.807, 2.05) is 17.1 Å². The number of alkyl halides is 3. The highest BCUT2D eigenvalue weighted by molar-refractivity contribution is 7.86. The lowest BCUT2D eigenvalue weighted by Gasteiger charge is -2.08. The van der Waals surface area contributed by atoms with Gasteiger partial charge in [0.05, 0.1) is 12.7 Å². The van der Waals surface area contributed by atoms with Gasteiger partial charge in [-0.3, -0.25) is 0 Å². The molecule has 1 aromatic heterocycles. The van der Waals surface area contributed by atoms with Crippen LogP contribution in [0.2, 0.25) is 0 Å². The van der Waals surface area contributed by atoms with E-state index in [1.54, 1.807) is 6.20 Å². The smallest absolute Gasteiger partial charge is 0.485 e. The number of hydrogen-bond donors (Lipinski definition) is 0. The fourth-order valence-corrected chi connectivity index (χ4v) is 0.992. The third-order valence-electron chi connectivity index (χ3n) is 1.98. The zero-order chi connectivity index (χ0) is 15.1. The van der Waals surface area contributed by atoms with Crippen molar-refractivity contribution in [2.24, 2.45) is 0 Å². The molecule has 9 heteroatoms. The quantitative estimate of drug-likeness (QED) is 0.483. The third-order valence-corrected chi connectivity index (χ3v) is 2.54. The van der Waals surface area contributed by atoms with Gasteiger partial charge < -0.3 is 4.55 Å². The Balaban J connectivity index is 0.000000362. The van der Waals surface area contributed by atoms with Crippen molar-refractivity contribution in [2.75, 3.05) is 0 Å². The van der Waals surface area contributed by atoms with E-state index in [-0.39, 0.29) is 0 Å². The Morgan fingerprint density at radius 1 is 1.47 bits per heavy atom. The highest BCUT2D eigenvalue weighted by Crippen LogP contribution is 2.20. The van der Waals surface area contributed by atoms with Gasteiger partial charge in [0.15, 0.2) is 10.1 Å². The Bertz CT molecular complexity index is 494. The van der Waals surface area contributed by atoms with E-state index in [1.165, 1.54) is 12.8 Å². The molecule has 0 saturated carbocycles. The summed E-state index contributed by atoms with van der Waals surface area (Å²) in [6, 6.07) is 0. The maximum Gasteiger partial charge on any atom is 0.485 e. The SMILES string of the molecule is C=Cn1cc[n+](CCCC)c1.O=S(=O)([O-])C(F)(F)F. The van der Waals surface area contributed by atoms with Crippen LogP contribution in [-0.4, -0.2) is 23.0 Å². The van der Waals surface area contributed by atoms with Crippen LogP contribution in [0.3, 0.4) is 0 Å². The first-order valence-corrected chi connectivity index (χ1v) is 6.74. The Hall–Kier alpha value is -1.35. The van der Waals surface area contributed by atoms with Crippen molar-refractivity contribution in [1.29, 1.82) is 0 Å². The van der Waals surface area contributed by atoms with E-state index in [4.69, 9.17) is 13.0 Å². The molecular formula is C10H15F3N2O3S. The van der Waals surface area contributed by atoms with E-state index in [2.05, 4.69) is 24.3 Å². The van der Waals surface area contributed by atoms with Crippen LogP contribution in [0.1, 0.15) is 19.8 Å². The molecule has 0 aliphatic heterocycles. The van der Waals surface area contributed by atoms with Gasteiger partial charge in [-0.15, -0.1) is 0 Å². The molecule has 1 aromatic rings. The Morgan fingerprint density at radius 2 is 2.00 bits per heavy atom. The molecule has 0 bridgehead atoms. The van der Waals surface area contributed by atoms with Crippen LogP contribution >= 0.6 is 0 Å². The monoisotopic (exact) mass is 300 g/mol. The summed E-state index contributed by atoms with van der Waals surface area (Å²) in [6.07, 6.45) is 10.4. The van der Waals surface area contributed by atoms with Gasteiger partial charge in [0.2, 0.25) is 6.33 Å². The molecule has 0 fully saturated rings. The molecule has 0 atom stereocenters. The zero-order valence-electron chi connectivity index (χ0n) is 10.3. The molecular weight excluding hydrogens is 285 g/mol. The van der Waals surface area contributed by atoms with Crippen LogP contribution in [0.25, 0.3) is 6.20 Å². The van der Waals surface area contributed by atoms with Crippen LogP contribution in [0, 0.1) is 0 Å². The molecule has 1 heterocycles. The molecule has 5 nitrogen and oxygen atoms in total. The number of imidazole rings is 1. The Labute approximate surface area is 109 Å². The fourth-order valence-electron chi connectivity index (χ4n) is 0.992. The molecule has 0 radical (unpaired) electrons. The standard InChI is InChI=1S/C9H15N2.CHF3O3S/c1-3-5-6-11-8-7-10(4-2)9-11;2-1(3,4)8(5,6)7/h4,7-9H,2-3,5-6H2,1H3;(H,5,6,7)/q+1;/p-1. The summed E-state index contributed by atoms with van der Waals surface area (Å²) in [5.74, 6) is 0. The molecule has 19 heavy (non-hydrogen) atoms. The van der Waals surface area contributed by atoms with E-state index in [9.17, 15) is 13.2 Å². The minimum absolute atomic E-state index is 1.11. The predicted octanol–water partition coefficient (Wildman–Crippen LogP) is 1.73. The van der Waals surface area contributed by atoms with Crippen LogP contribution in [-0.2, 0) is 16.7 Å². The second kappa shape index (κ2) is 7.29. The first-order valence-electron chi connectivity index (χ1n) is 5.33. The van der Waals surface area contributed by atoms with Gasteiger partial charge in [-0.2, -0.15) is 13.2 Å². The van der Waals surface area contributed by atoms with Crippen molar-refractivity contribution >= 4 is 16.3 Å². The van der Waals surface area contributed by atoms with Gasteiger partial charge in [0, 0.05) is 0 Å². The summed E-state index contributed by atoms with van der Waals surface area (Å²) >= 11 is 0. The summed E-state index contributed by atoms with van der Waals surface area (Å²) in [7, 11) is -6.09. The average Bonchev–Trinajstić information content (AvgIpc) is 2.72. The summed E-state index contributed by atoms with van der Waals surface area (Å²) in [5.41, 5.74) is -5.65. The maximum atomic E-state index is 10.7. The van der Waals surface area contributed by atoms with Gasteiger partial charge in [-0.1, -0.05) is 19.9 Å². The van der Waals surface area contributed by atoms with E-state index in [0.29, 0.717) is 0 Å². The summed E-state index contributed by atoms with van der Waals surface area (Å²) in [4.78, 5) is 0. The molecule has 0 aliphatic rings. The molecule has 110 valence electrons. The van der Waals surface area contributed by atoms with Crippen LogP contribution in [0.4, 0.5) is 13.2 Å². The highest BCUT2D eigenvalue weighted by atomic mass is 32.2. The molecule has 1 rings (SSSR count). The topological polar surface area (TPSA) is 66.0 Å². The number of unbranched alkanes of at least 4 members (excludes halogenated alkanes) is 1. The molecule has 0 amide bonds. The lowest BCUT2D eigenvalue weighted by Crippen LogP contribution is -2.30. The second-order valence-electron chi connectivity index (χ2n) is 3.53. The molecule has 0 aromatic carbocycles. The Kier molecular flexibility index (Phi) is 6.77. The summed E-state index contributed by atoms with van der Waals surface area (Å²) in [6.45, 7) is 6.98. The summed E-state index contributed by atoms with van der Waals surface area (Å²) in [5, 5.41) is 0. The van der Waals surface area contributed by atoms with Crippen molar-refractivity contribution < 1.29 is 30.7 Å². The van der Waals surface area contributed by atoms with Gasteiger partial charge in [0.25, 0.3) is 0 Å². The van der Waals surface area contributed by atoms with Crippen molar-refractivity contribution in [2.45, 2.75) is 31.8 Å². The van der Waals surface area contributed by atoms with Gasteiger partial charge in [-0.05, 0) is 6.42 Å². The van der Waals surface area contributed by atoms with Crippen molar-refractivity contribution in [3.8, 4) is 0 Å². The number of rotatable bonds is 4. The predicted molar refractivity (Wildman–Crippen MR) is 61.7 cm³/mol. The number of aryl methyl sites for hydroxylation is 1. The molecule has 0 unspecified atom stereocenters. The van der Waals surface area contributed by atoms with Crippen molar-refractivity contribution in [3.05, 3.63) is 25.3 Å². The molecule has 0 N–H and O–H groups in total. The van der Waals surface area contributed by atoms with E-state index < -0.39 is 15.6 Å². The molecule has 0 saturated heterocycles. The lowest BCUT2D eigenvalue weighted by atomic mass is 10.3. The number of nitrogens with zero attached hydrogens (tertiary/aromatic N) is 2.